The molecule has 3 aliphatic rings. The highest BCUT2D eigenvalue weighted by molar-refractivity contribution is 6.32. The average molecular weight is 492 g/mol. The first-order valence-corrected chi connectivity index (χ1v) is 12.2. The molecule has 2 aromatic carbocycles. The predicted molar refractivity (Wildman–Crippen MR) is 131 cm³/mol. The van der Waals surface area contributed by atoms with E-state index in [-0.39, 0.29) is 23.7 Å². The normalized spacial score (nSPS) is 18.5. The van der Waals surface area contributed by atoms with Crippen LogP contribution in [0.5, 0.6) is 5.75 Å². The molecule has 2 aliphatic carbocycles. The van der Waals surface area contributed by atoms with Gasteiger partial charge in [-0.2, -0.15) is 0 Å². The number of rotatable bonds is 5. The van der Waals surface area contributed by atoms with Gasteiger partial charge in [-0.15, -0.1) is 0 Å². The lowest BCUT2D eigenvalue weighted by Crippen LogP contribution is -2.37. The summed E-state index contributed by atoms with van der Waals surface area (Å²) in [6, 6.07) is 12.0. The second-order valence-electron chi connectivity index (χ2n) is 9.25. The van der Waals surface area contributed by atoms with E-state index < -0.39 is 11.9 Å². The van der Waals surface area contributed by atoms with Crippen molar-refractivity contribution >= 4 is 29.1 Å². The number of benzene rings is 2. The molecule has 1 aliphatic heterocycles. The Labute approximate surface area is 208 Å². The van der Waals surface area contributed by atoms with Crippen LogP contribution in [0.2, 0.25) is 5.02 Å². The molecule has 0 amide bonds. The molecule has 0 saturated carbocycles. The van der Waals surface area contributed by atoms with Crippen molar-refractivity contribution < 1.29 is 24.2 Å². The number of Topliss-reactive ketones (excluding diaryl/α,β-unsaturated/α-hetero) is 2. The zero-order valence-corrected chi connectivity index (χ0v) is 20.2. The lowest BCUT2D eigenvalue weighted by Gasteiger charge is -2.42. The van der Waals surface area contributed by atoms with E-state index in [1.165, 1.54) is 12.1 Å². The van der Waals surface area contributed by atoms with E-state index in [0.29, 0.717) is 23.6 Å². The van der Waals surface area contributed by atoms with Crippen molar-refractivity contribution in [1.29, 1.82) is 0 Å². The first-order valence-electron chi connectivity index (χ1n) is 11.9. The van der Waals surface area contributed by atoms with Crippen molar-refractivity contribution in [2.24, 2.45) is 0 Å². The van der Waals surface area contributed by atoms with E-state index >= 15 is 0 Å². The van der Waals surface area contributed by atoms with E-state index in [9.17, 15) is 14.4 Å². The molecule has 7 heteroatoms. The predicted octanol–water partition coefficient (Wildman–Crippen LogP) is 5.66. The molecular weight excluding hydrogens is 466 g/mol. The zero-order chi connectivity index (χ0) is 24.7. The molecule has 0 bridgehead atoms. The van der Waals surface area contributed by atoms with Crippen molar-refractivity contribution in [1.82, 2.24) is 4.90 Å². The highest BCUT2D eigenvalue weighted by Crippen LogP contribution is 2.49. The van der Waals surface area contributed by atoms with Crippen molar-refractivity contribution in [3.8, 4) is 5.75 Å². The third-order valence-corrected chi connectivity index (χ3v) is 7.42. The molecule has 35 heavy (non-hydrogen) atoms. The van der Waals surface area contributed by atoms with Crippen LogP contribution in [0, 0.1) is 0 Å². The molecule has 2 aromatic rings. The number of carbonyl (C=O) groups excluding carboxylic acids is 2. The first-order chi connectivity index (χ1) is 16.8. The molecule has 5 rings (SSSR count). The van der Waals surface area contributed by atoms with Crippen LogP contribution in [0.4, 0.5) is 0 Å². The fraction of sp³-hybridized carbons (Fsp3) is 0.321. The van der Waals surface area contributed by atoms with E-state index in [1.807, 2.05) is 13.1 Å². The smallest absolute Gasteiger partial charge is 0.335 e. The summed E-state index contributed by atoms with van der Waals surface area (Å²) in [7, 11) is 1.98. The summed E-state index contributed by atoms with van der Waals surface area (Å²) in [4.78, 5) is 39.3. The molecule has 1 N–H and O–H groups in total. The lowest BCUT2D eigenvalue weighted by atomic mass is 9.71. The molecule has 0 unspecified atom stereocenters. The number of aromatic carboxylic acids is 1. The lowest BCUT2D eigenvalue weighted by molar-refractivity contribution is -0.117. The fourth-order valence-corrected chi connectivity index (χ4v) is 5.65. The van der Waals surface area contributed by atoms with Crippen molar-refractivity contribution in [2.45, 2.75) is 51.0 Å². The van der Waals surface area contributed by atoms with E-state index in [2.05, 4.69) is 4.90 Å². The molecule has 0 aromatic heterocycles. The van der Waals surface area contributed by atoms with Crippen molar-refractivity contribution in [3.63, 3.8) is 0 Å². The summed E-state index contributed by atoms with van der Waals surface area (Å²) in [5.74, 6) is -0.677. The number of hydrogen-bond donors (Lipinski definition) is 1. The van der Waals surface area contributed by atoms with Crippen LogP contribution >= 0.6 is 11.6 Å². The topological polar surface area (TPSA) is 83.9 Å². The minimum Gasteiger partial charge on any atom is -0.487 e. The van der Waals surface area contributed by atoms with Gasteiger partial charge in [-0.25, -0.2) is 4.79 Å². The number of allylic oxidation sites excluding steroid dienone is 4. The Bertz CT molecular complexity index is 1250. The van der Waals surface area contributed by atoms with Crippen LogP contribution < -0.4 is 4.74 Å². The van der Waals surface area contributed by atoms with Crippen LogP contribution in [0.15, 0.2) is 65.0 Å². The van der Waals surface area contributed by atoms with Gasteiger partial charge in [0.15, 0.2) is 11.6 Å². The molecule has 0 spiro atoms. The summed E-state index contributed by atoms with van der Waals surface area (Å²) in [5, 5.41) is 9.45. The minimum absolute atomic E-state index is 0.106. The van der Waals surface area contributed by atoms with Gasteiger partial charge < -0.3 is 14.7 Å². The highest BCUT2D eigenvalue weighted by Gasteiger charge is 2.42. The Morgan fingerprint density at radius 3 is 2.11 bits per heavy atom. The summed E-state index contributed by atoms with van der Waals surface area (Å²) in [5.41, 5.74) is 5.38. The van der Waals surface area contributed by atoms with Gasteiger partial charge in [-0.05, 0) is 61.1 Å². The van der Waals surface area contributed by atoms with Crippen LogP contribution in [0.25, 0.3) is 0 Å². The number of ketones is 2. The molecule has 6 nitrogen and oxygen atoms in total. The summed E-state index contributed by atoms with van der Waals surface area (Å²) in [6.07, 6.45) is 4.30. The Balaban J connectivity index is 1.46. The zero-order valence-electron chi connectivity index (χ0n) is 19.5. The summed E-state index contributed by atoms with van der Waals surface area (Å²) < 4.78 is 5.89. The Morgan fingerprint density at radius 2 is 1.57 bits per heavy atom. The number of carboxylic acids is 1. The van der Waals surface area contributed by atoms with E-state index in [0.717, 1.165) is 59.4 Å². The van der Waals surface area contributed by atoms with E-state index in [1.54, 1.807) is 24.3 Å². The third kappa shape index (κ3) is 4.27. The highest BCUT2D eigenvalue weighted by atomic mass is 35.5. The quantitative estimate of drug-likeness (QED) is 0.581. The molecule has 0 saturated heterocycles. The second-order valence-corrected chi connectivity index (χ2v) is 9.65. The SMILES string of the molecule is CN1C2=C(C(=O)CCC2)C(c2ccc(OCc3ccc(C(=O)O)cc3)c(Cl)c2)C2=C1CCCC2=O. The van der Waals surface area contributed by atoms with E-state index in [4.69, 9.17) is 21.4 Å². The maximum atomic E-state index is 13.1. The third-order valence-electron chi connectivity index (χ3n) is 7.13. The van der Waals surface area contributed by atoms with Crippen LogP contribution in [0.1, 0.15) is 65.9 Å². The largest absolute Gasteiger partial charge is 0.487 e. The first kappa shape index (κ1) is 23.4. The molecule has 1 heterocycles. The van der Waals surface area contributed by atoms with Gasteiger partial charge in [0.25, 0.3) is 0 Å². The van der Waals surface area contributed by atoms with Crippen LogP contribution in [-0.2, 0) is 16.2 Å². The second kappa shape index (κ2) is 9.34. The standard InChI is InChI=1S/C28H26ClNO5/c1-30-20-4-2-6-22(31)26(20)25(27-21(30)5-3-7-23(27)32)18-12-13-24(19(29)14-18)35-15-16-8-10-17(11-9-16)28(33)34/h8-14,25H,2-7,15H2,1H3,(H,33,34). The van der Waals surface area contributed by atoms with Crippen molar-refractivity contribution in [3.05, 3.63) is 86.7 Å². The monoisotopic (exact) mass is 491 g/mol. The Morgan fingerprint density at radius 1 is 0.971 bits per heavy atom. The maximum absolute atomic E-state index is 13.1. The molecular formula is C28H26ClNO5. The Kier molecular flexibility index (Phi) is 6.24. The molecule has 180 valence electrons. The number of nitrogens with zero attached hydrogens (tertiary/aromatic N) is 1. The van der Waals surface area contributed by atoms with Gasteiger partial charge in [0.05, 0.1) is 10.6 Å². The van der Waals surface area contributed by atoms with Gasteiger partial charge in [0.1, 0.15) is 12.4 Å². The van der Waals surface area contributed by atoms with Gasteiger partial charge in [0.2, 0.25) is 0 Å². The van der Waals surface area contributed by atoms with Crippen molar-refractivity contribution in [2.75, 3.05) is 7.05 Å². The minimum atomic E-state index is -0.977. The molecule has 0 fully saturated rings. The molecule has 0 atom stereocenters. The fourth-order valence-electron chi connectivity index (χ4n) is 5.40. The van der Waals surface area contributed by atoms with Gasteiger partial charge in [-0.1, -0.05) is 29.8 Å². The van der Waals surface area contributed by atoms with Gasteiger partial charge in [-0.3, -0.25) is 9.59 Å². The number of carboxylic acid groups (broad SMARTS) is 1. The number of halogens is 1. The Hall–Kier alpha value is -3.38. The van der Waals surface area contributed by atoms with Crippen LogP contribution in [-0.4, -0.2) is 34.6 Å². The summed E-state index contributed by atoms with van der Waals surface area (Å²) in [6.45, 7) is 0.231. The maximum Gasteiger partial charge on any atom is 0.335 e. The van der Waals surface area contributed by atoms with Crippen LogP contribution in [0.3, 0.4) is 0 Å². The van der Waals surface area contributed by atoms with Gasteiger partial charge >= 0.3 is 5.97 Å². The summed E-state index contributed by atoms with van der Waals surface area (Å²) >= 11 is 6.62. The number of carbonyl (C=O) groups is 3. The number of hydrogen-bond acceptors (Lipinski definition) is 5. The number of ether oxygens (including phenoxy) is 1. The van der Waals surface area contributed by atoms with Gasteiger partial charge in [0, 0.05) is 48.3 Å². The average Bonchev–Trinajstić information content (AvgIpc) is 2.85. The molecule has 0 radical (unpaired) electrons.